The van der Waals surface area contributed by atoms with E-state index in [-0.39, 0.29) is 0 Å². The summed E-state index contributed by atoms with van der Waals surface area (Å²) in [5, 5.41) is 0.913. The van der Waals surface area contributed by atoms with Gasteiger partial charge >= 0.3 is 0 Å². The Morgan fingerprint density at radius 2 is 1.92 bits per heavy atom. The molecule has 2 N–H and O–H groups in total. The molecule has 36 heavy (non-hydrogen) atoms. The molecule has 2 aliphatic rings. The van der Waals surface area contributed by atoms with E-state index in [0.717, 1.165) is 33.8 Å². The van der Waals surface area contributed by atoms with Crippen LogP contribution in [-0.2, 0) is 9.05 Å². The minimum Gasteiger partial charge on any atom is -0.493 e. The molecule has 5 rings (SSSR count). The number of aromatic nitrogens is 3. The van der Waals surface area contributed by atoms with Crippen LogP contribution in [-0.4, -0.2) is 71.4 Å². The van der Waals surface area contributed by atoms with E-state index in [1.807, 2.05) is 26.0 Å². The van der Waals surface area contributed by atoms with Crippen molar-refractivity contribution < 1.29 is 13.8 Å². The lowest BCUT2D eigenvalue weighted by atomic mass is 9.79. The Balaban J connectivity index is 1.33. The molecule has 8 nitrogen and oxygen atoms in total. The number of benzene rings is 1. The van der Waals surface area contributed by atoms with Crippen LogP contribution in [0.5, 0.6) is 5.75 Å². The fraction of sp³-hybridized carbons (Fsp3) is 0.519. The average Bonchev–Trinajstić information content (AvgIpc) is 3.18. The summed E-state index contributed by atoms with van der Waals surface area (Å²) in [6.45, 7) is 9.32. The molecule has 1 saturated carbocycles. The highest BCUT2D eigenvalue weighted by Gasteiger charge is 2.34. The zero-order valence-electron chi connectivity index (χ0n) is 21.4. The number of anilines is 1. The van der Waals surface area contributed by atoms with Crippen LogP contribution in [0.1, 0.15) is 39.2 Å². The van der Waals surface area contributed by atoms with Gasteiger partial charge in [-0.15, -0.1) is 0 Å². The smallest absolute Gasteiger partial charge is 0.146 e. The molecule has 3 aromatic rings. The molecular weight excluding hydrogens is 473 g/mol. The number of hydrogen-bond acceptors (Lipinski definition) is 7. The second-order valence-corrected chi connectivity index (χ2v) is 12.4. The number of likely N-dealkylation sites (tertiary alicyclic amines) is 1. The molecule has 0 amide bonds. The van der Waals surface area contributed by atoms with Gasteiger partial charge in [-0.2, -0.15) is 0 Å². The molecule has 2 fully saturated rings. The van der Waals surface area contributed by atoms with Gasteiger partial charge in [0.1, 0.15) is 30.9 Å². The maximum atomic E-state index is 6.38. The van der Waals surface area contributed by atoms with Gasteiger partial charge in [-0.1, -0.05) is 18.4 Å². The molecule has 194 valence electrons. The first-order chi connectivity index (χ1) is 17.5. The van der Waals surface area contributed by atoms with Crippen LogP contribution in [0.25, 0.3) is 22.2 Å². The molecule has 0 radical (unpaired) electrons. The summed E-state index contributed by atoms with van der Waals surface area (Å²) in [6.07, 6.45) is 12.3. The van der Waals surface area contributed by atoms with Crippen LogP contribution in [0.3, 0.4) is 0 Å². The van der Waals surface area contributed by atoms with E-state index < -0.39 is 7.34 Å². The van der Waals surface area contributed by atoms with Crippen molar-refractivity contribution in [2.75, 3.05) is 51.4 Å². The molecule has 1 aliphatic carbocycles. The third-order valence-electron chi connectivity index (χ3n) is 7.28. The SMILES string of the molecule is C=P(CCOc1cccc(-c2cn(C3CC(CN4CCC4)C3)c3ncnc(N)c23)c1)(OCC)OCC. The summed E-state index contributed by atoms with van der Waals surface area (Å²) in [5.41, 5.74) is 9.37. The molecule has 2 aromatic heterocycles. The normalized spacial score (nSPS) is 20.3. The lowest BCUT2D eigenvalue weighted by Crippen LogP contribution is -2.43. The van der Waals surface area contributed by atoms with Crippen molar-refractivity contribution in [2.45, 2.75) is 39.2 Å². The van der Waals surface area contributed by atoms with Gasteiger partial charge in [-0.05, 0) is 69.8 Å². The third-order valence-corrected chi connectivity index (χ3v) is 9.60. The molecule has 0 unspecified atom stereocenters. The van der Waals surface area contributed by atoms with E-state index in [1.54, 1.807) is 6.33 Å². The van der Waals surface area contributed by atoms with E-state index in [0.29, 0.717) is 37.8 Å². The van der Waals surface area contributed by atoms with Crippen LogP contribution < -0.4 is 10.5 Å². The van der Waals surface area contributed by atoms with Gasteiger partial charge in [0, 0.05) is 30.5 Å². The number of nitrogen functional groups attached to an aromatic ring is 1. The first-order valence-electron chi connectivity index (χ1n) is 13.1. The highest BCUT2D eigenvalue weighted by molar-refractivity contribution is 7.64. The van der Waals surface area contributed by atoms with Crippen LogP contribution in [0.15, 0.2) is 36.8 Å². The second kappa shape index (κ2) is 10.9. The molecule has 3 heterocycles. The quantitative estimate of drug-likeness (QED) is 0.340. The summed E-state index contributed by atoms with van der Waals surface area (Å²) < 4.78 is 20.0. The summed E-state index contributed by atoms with van der Waals surface area (Å²) in [4.78, 5) is 11.5. The minimum absolute atomic E-state index is 0.451. The minimum atomic E-state index is -2.15. The Bertz CT molecular complexity index is 1230. The third kappa shape index (κ3) is 5.32. The first kappa shape index (κ1) is 25.3. The van der Waals surface area contributed by atoms with E-state index in [1.165, 1.54) is 38.9 Å². The van der Waals surface area contributed by atoms with E-state index in [9.17, 15) is 0 Å². The van der Waals surface area contributed by atoms with Crippen molar-refractivity contribution in [2.24, 2.45) is 5.92 Å². The average molecular weight is 512 g/mol. The number of hydrogen-bond donors (Lipinski definition) is 1. The Hall–Kier alpha value is -2.38. The maximum absolute atomic E-state index is 6.38. The van der Waals surface area contributed by atoms with Crippen molar-refractivity contribution in [1.29, 1.82) is 0 Å². The Labute approximate surface area is 213 Å². The number of ether oxygens (including phenoxy) is 1. The molecule has 0 atom stereocenters. The largest absolute Gasteiger partial charge is 0.493 e. The zero-order valence-corrected chi connectivity index (χ0v) is 22.3. The number of nitrogens with zero attached hydrogens (tertiary/aromatic N) is 4. The van der Waals surface area contributed by atoms with E-state index in [2.05, 4.69) is 44.1 Å². The topological polar surface area (TPSA) is 87.7 Å². The molecular formula is C27H38N5O3P. The molecule has 1 aliphatic heterocycles. The predicted octanol–water partition coefficient (Wildman–Crippen LogP) is 5.07. The Kier molecular flexibility index (Phi) is 7.68. The van der Waals surface area contributed by atoms with Crippen LogP contribution in [0.2, 0.25) is 0 Å². The van der Waals surface area contributed by atoms with Crippen LogP contribution >= 0.6 is 7.34 Å². The highest BCUT2D eigenvalue weighted by Crippen LogP contribution is 2.47. The van der Waals surface area contributed by atoms with Crippen LogP contribution in [0, 0.1) is 5.92 Å². The molecule has 0 bridgehead atoms. The molecule has 1 aromatic carbocycles. The summed E-state index contributed by atoms with van der Waals surface area (Å²) in [7, 11) is -2.15. The molecule has 1 saturated heterocycles. The van der Waals surface area contributed by atoms with E-state index >= 15 is 0 Å². The van der Waals surface area contributed by atoms with Gasteiger partial charge in [0.15, 0.2) is 0 Å². The van der Waals surface area contributed by atoms with Gasteiger partial charge < -0.3 is 29.0 Å². The van der Waals surface area contributed by atoms with E-state index in [4.69, 9.17) is 19.5 Å². The maximum Gasteiger partial charge on any atom is 0.146 e. The Morgan fingerprint density at radius 3 is 2.61 bits per heavy atom. The standard InChI is InChI=1S/C27H38N5O3P/c1-4-34-36(3,35-5-2)13-12-33-23-9-6-8-21(16-23)24-18-32(27-25(24)26(28)29-19-30-27)22-14-20(15-22)17-31-10-7-11-31/h6,8-9,16,18-20,22H,3-5,7,10-15,17H2,1-2H3,(H2,28,29,30). The van der Waals surface area contributed by atoms with Crippen molar-refractivity contribution in [3.05, 3.63) is 36.8 Å². The lowest BCUT2D eigenvalue weighted by molar-refractivity contribution is 0.0921. The number of rotatable bonds is 12. The molecule has 9 heteroatoms. The Morgan fingerprint density at radius 1 is 1.14 bits per heavy atom. The fourth-order valence-electron chi connectivity index (χ4n) is 5.30. The van der Waals surface area contributed by atoms with Gasteiger partial charge in [0.2, 0.25) is 0 Å². The van der Waals surface area contributed by atoms with Gasteiger partial charge in [0.25, 0.3) is 0 Å². The first-order valence-corrected chi connectivity index (χ1v) is 15.1. The van der Waals surface area contributed by atoms with Crippen molar-refractivity contribution in [3.63, 3.8) is 0 Å². The van der Waals surface area contributed by atoms with Crippen molar-refractivity contribution in [1.82, 2.24) is 19.4 Å². The van der Waals surface area contributed by atoms with Gasteiger partial charge in [-0.25, -0.2) is 9.97 Å². The van der Waals surface area contributed by atoms with Crippen molar-refractivity contribution in [3.8, 4) is 16.9 Å². The highest BCUT2D eigenvalue weighted by atomic mass is 31.2. The lowest BCUT2D eigenvalue weighted by Gasteiger charge is -2.42. The predicted molar refractivity (Wildman–Crippen MR) is 148 cm³/mol. The summed E-state index contributed by atoms with van der Waals surface area (Å²) in [5.74, 6) is 2.07. The van der Waals surface area contributed by atoms with Crippen molar-refractivity contribution >= 4 is 30.5 Å². The second-order valence-electron chi connectivity index (χ2n) is 9.80. The number of nitrogens with two attached hydrogens (primary N) is 1. The monoisotopic (exact) mass is 511 g/mol. The van der Waals surface area contributed by atoms with Gasteiger partial charge in [-0.3, -0.25) is 0 Å². The fourth-order valence-corrected chi connectivity index (χ4v) is 6.95. The summed E-state index contributed by atoms with van der Waals surface area (Å²) >= 11 is 0. The number of fused-ring (bicyclic) bond motifs is 1. The van der Waals surface area contributed by atoms with Crippen LogP contribution in [0.4, 0.5) is 5.82 Å². The summed E-state index contributed by atoms with van der Waals surface area (Å²) in [6, 6.07) is 8.58. The zero-order chi connectivity index (χ0) is 25.1. The molecule has 0 spiro atoms. The van der Waals surface area contributed by atoms with Gasteiger partial charge in [0.05, 0.1) is 25.2 Å².